The molecule has 7 heteroatoms. The van der Waals surface area contributed by atoms with Gasteiger partial charge in [0.15, 0.2) is 0 Å². The first-order valence-electron chi connectivity index (χ1n) is 9.76. The molecule has 5 rings (SSSR count). The average Bonchev–Trinajstić information content (AvgIpc) is 3.47. The number of rotatable bonds is 4. The van der Waals surface area contributed by atoms with Crippen LogP contribution in [-0.2, 0) is 0 Å². The molecule has 6 nitrogen and oxygen atoms in total. The maximum Gasteiger partial charge on any atom is 0.273 e. The number of nitrogens with one attached hydrogen (secondary N) is 1. The second kappa shape index (κ2) is 7.14. The Bertz CT molecular complexity index is 970. The maximum absolute atomic E-state index is 13.0. The lowest BCUT2D eigenvalue weighted by atomic mass is 9.98. The summed E-state index contributed by atoms with van der Waals surface area (Å²) in [5.41, 5.74) is 2.46. The van der Waals surface area contributed by atoms with Gasteiger partial charge >= 0.3 is 0 Å². The van der Waals surface area contributed by atoms with Gasteiger partial charge in [-0.15, -0.1) is 11.3 Å². The standard InChI is InChI=1S/C21H23N5OS/c1-25(18-9-15-7-8-16(10-18)23-15)21(27)19-13-28-20(24-19)14-11-22-26(12-14)17-5-3-2-4-6-17/h2-6,11-13,15-16,18,23H,7-10H2,1H3. The van der Waals surface area contributed by atoms with Crippen molar-refractivity contribution in [1.82, 2.24) is 25.0 Å². The number of carbonyl (C=O) groups is 1. The number of fused-ring (bicyclic) bond motifs is 2. The number of hydrogen-bond donors (Lipinski definition) is 1. The molecule has 0 aliphatic carbocycles. The van der Waals surface area contributed by atoms with Crippen LogP contribution in [0.1, 0.15) is 36.2 Å². The Morgan fingerprint density at radius 3 is 2.71 bits per heavy atom. The van der Waals surface area contributed by atoms with E-state index in [-0.39, 0.29) is 5.91 Å². The number of thiazole rings is 1. The highest BCUT2D eigenvalue weighted by atomic mass is 32.1. The molecule has 2 aliphatic heterocycles. The molecule has 4 heterocycles. The van der Waals surface area contributed by atoms with Crippen LogP contribution in [0.2, 0.25) is 0 Å². The lowest BCUT2D eigenvalue weighted by Gasteiger charge is -2.35. The topological polar surface area (TPSA) is 63.1 Å². The van der Waals surface area contributed by atoms with Gasteiger partial charge in [-0.05, 0) is 37.8 Å². The van der Waals surface area contributed by atoms with Gasteiger partial charge in [0.05, 0.1) is 11.9 Å². The Morgan fingerprint density at radius 1 is 1.21 bits per heavy atom. The molecule has 3 aromatic rings. The summed E-state index contributed by atoms with van der Waals surface area (Å²) < 4.78 is 1.83. The minimum Gasteiger partial charge on any atom is -0.337 e. The van der Waals surface area contributed by atoms with E-state index in [0.717, 1.165) is 29.1 Å². The number of benzene rings is 1. The van der Waals surface area contributed by atoms with Crippen molar-refractivity contribution in [1.29, 1.82) is 0 Å². The van der Waals surface area contributed by atoms with E-state index >= 15 is 0 Å². The summed E-state index contributed by atoms with van der Waals surface area (Å²) in [5, 5.41) is 10.8. The molecular weight excluding hydrogens is 370 g/mol. The van der Waals surface area contributed by atoms with E-state index in [1.807, 2.05) is 58.5 Å². The molecule has 2 atom stereocenters. The molecule has 144 valence electrons. The highest BCUT2D eigenvalue weighted by Crippen LogP contribution is 2.30. The largest absolute Gasteiger partial charge is 0.337 e. The number of carbonyl (C=O) groups excluding carboxylic acids is 1. The third-order valence-corrected chi connectivity index (χ3v) is 6.78. The highest BCUT2D eigenvalue weighted by molar-refractivity contribution is 7.13. The minimum absolute atomic E-state index is 0.0178. The molecule has 2 unspecified atom stereocenters. The predicted molar refractivity (Wildman–Crippen MR) is 110 cm³/mol. The van der Waals surface area contributed by atoms with Crippen LogP contribution in [0, 0.1) is 0 Å². The number of nitrogens with zero attached hydrogens (tertiary/aromatic N) is 4. The normalized spacial score (nSPS) is 23.7. The zero-order valence-corrected chi connectivity index (χ0v) is 16.6. The van der Waals surface area contributed by atoms with Crippen molar-refractivity contribution in [3.8, 4) is 16.3 Å². The number of aromatic nitrogens is 3. The van der Waals surface area contributed by atoms with Crippen LogP contribution < -0.4 is 5.32 Å². The van der Waals surface area contributed by atoms with Crippen molar-refractivity contribution in [2.24, 2.45) is 0 Å². The molecule has 1 N–H and O–H groups in total. The first-order chi connectivity index (χ1) is 13.7. The first-order valence-corrected chi connectivity index (χ1v) is 10.6. The Labute approximate surface area is 168 Å². The van der Waals surface area contributed by atoms with E-state index in [0.29, 0.717) is 23.8 Å². The van der Waals surface area contributed by atoms with Crippen LogP contribution in [0.15, 0.2) is 48.1 Å². The second-order valence-corrected chi connectivity index (χ2v) is 8.58. The van der Waals surface area contributed by atoms with Crippen LogP contribution in [-0.4, -0.2) is 50.7 Å². The first kappa shape index (κ1) is 17.6. The molecule has 0 spiro atoms. The van der Waals surface area contributed by atoms with Crippen molar-refractivity contribution in [3.63, 3.8) is 0 Å². The fourth-order valence-electron chi connectivity index (χ4n) is 4.35. The maximum atomic E-state index is 13.0. The molecule has 28 heavy (non-hydrogen) atoms. The SMILES string of the molecule is CN(C(=O)c1csc(-c2cnn(-c3ccccc3)c2)n1)C1CC2CCC(C1)N2. The number of amides is 1. The molecular formula is C21H23N5OS. The van der Waals surface area contributed by atoms with Gasteiger partial charge in [-0.3, -0.25) is 4.79 Å². The third kappa shape index (κ3) is 3.25. The molecule has 2 aromatic heterocycles. The van der Waals surface area contributed by atoms with Gasteiger partial charge < -0.3 is 10.2 Å². The van der Waals surface area contributed by atoms with Crippen LogP contribution in [0.3, 0.4) is 0 Å². The molecule has 2 aliphatic rings. The number of hydrogen-bond acceptors (Lipinski definition) is 5. The Kier molecular flexibility index (Phi) is 4.49. The lowest BCUT2D eigenvalue weighted by molar-refractivity contribution is 0.0676. The Hall–Kier alpha value is -2.51. The number of piperidine rings is 1. The summed E-state index contributed by atoms with van der Waals surface area (Å²) in [7, 11) is 1.92. The second-order valence-electron chi connectivity index (χ2n) is 7.73. The van der Waals surface area contributed by atoms with Crippen molar-refractivity contribution in [2.75, 3.05) is 7.05 Å². The predicted octanol–water partition coefficient (Wildman–Crippen LogP) is 3.35. The smallest absolute Gasteiger partial charge is 0.273 e. The van der Waals surface area contributed by atoms with Crippen LogP contribution >= 0.6 is 11.3 Å². The molecule has 1 amide bonds. The fourth-order valence-corrected chi connectivity index (χ4v) is 5.12. The van der Waals surface area contributed by atoms with E-state index in [4.69, 9.17) is 0 Å². The quantitative estimate of drug-likeness (QED) is 0.738. The molecule has 2 fully saturated rings. The third-order valence-electron chi connectivity index (χ3n) is 5.89. The molecule has 1 aromatic carbocycles. The molecule has 0 radical (unpaired) electrons. The van der Waals surface area contributed by atoms with Crippen molar-refractivity contribution >= 4 is 17.2 Å². The van der Waals surface area contributed by atoms with Crippen molar-refractivity contribution in [3.05, 3.63) is 53.8 Å². The van der Waals surface area contributed by atoms with E-state index in [9.17, 15) is 4.79 Å². The zero-order valence-electron chi connectivity index (χ0n) is 15.8. The average molecular weight is 394 g/mol. The summed E-state index contributed by atoms with van der Waals surface area (Å²) in [5.74, 6) is 0.0178. The molecule has 2 saturated heterocycles. The highest BCUT2D eigenvalue weighted by Gasteiger charge is 2.36. The van der Waals surface area contributed by atoms with Gasteiger partial charge in [0, 0.05) is 42.3 Å². The Balaban J connectivity index is 1.32. The summed E-state index contributed by atoms with van der Waals surface area (Å²) in [6.07, 6.45) is 8.30. The Morgan fingerprint density at radius 2 is 1.96 bits per heavy atom. The zero-order chi connectivity index (χ0) is 19.1. The summed E-state index contributed by atoms with van der Waals surface area (Å²) in [6, 6.07) is 11.4. The minimum atomic E-state index is 0.0178. The van der Waals surface area contributed by atoms with E-state index < -0.39 is 0 Å². The van der Waals surface area contributed by atoms with Crippen molar-refractivity contribution in [2.45, 2.75) is 43.8 Å². The van der Waals surface area contributed by atoms with Crippen LogP contribution in [0.4, 0.5) is 0 Å². The number of para-hydroxylation sites is 1. The van der Waals surface area contributed by atoms with Gasteiger partial charge in [-0.1, -0.05) is 18.2 Å². The van der Waals surface area contributed by atoms with E-state index in [1.165, 1.54) is 24.2 Å². The van der Waals surface area contributed by atoms with Crippen LogP contribution in [0.5, 0.6) is 0 Å². The molecule has 0 saturated carbocycles. The summed E-state index contributed by atoms with van der Waals surface area (Å²) in [6.45, 7) is 0. The van der Waals surface area contributed by atoms with Gasteiger partial charge in [0.25, 0.3) is 5.91 Å². The summed E-state index contributed by atoms with van der Waals surface area (Å²) >= 11 is 1.49. The molecule has 2 bridgehead atoms. The monoisotopic (exact) mass is 393 g/mol. The lowest BCUT2D eigenvalue weighted by Crippen LogP contribution is -2.48. The van der Waals surface area contributed by atoms with E-state index in [2.05, 4.69) is 15.4 Å². The van der Waals surface area contributed by atoms with Gasteiger partial charge in [0.1, 0.15) is 10.7 Å². The van der Waals surface area contributed by atoms with Gasteiger partial charge in [-0.25, -0.2) is 9.67 Å². The summed E-state index contributed by atoms with van der Waals surface area (Å²) in [4.78, 5) is 19.5. The van der Waals surface area contributed by atoms with Crippen LogP contribution in [0.25, 0.3) is 16.3 Å². The van der Waals surface area contributed by atoms with Crippen molar-refractivity contribution < 1.29 is 4.79 Å². The fraction of sp³-hybridized carbons (Fsp3) is 0.381. The van der Waals surface area contributed by atoms with Gasteiger partial charge in [-0.2, -0.15) is 5.10 Å². The van der Waals surface area contributed by atoms with Gasteiger partial charge in [0.2, 0.25) is 0 Å². The van der Waals surface area contributed by atoms with E-state index in [1.54, 1.807) is 6.20 Å².